The molecule has 6 atom stereocenters. The lowest BCUT2D eigenvalue weighted by molar-refractivity contribution is -0.0932. The minimum absolute atomic E-state index is 0.442. The third-order valence-electron chi connectivity index (χ3n) is 7.41. The molecule has 3 rings (SSSR count). The summed E-state index contributed by atoms with van der Waals surface area (Å²) in [5.74, 6) is 3.73. The van der Waals surface area contributed by atoms with Crippen molar-refractivity contribution in [2.24, 2.45) is 29.6 Å². The second kappa shape index (κ2) is 9.89. The minimum atomic E-state index is 0.442. The molecule has 26 heavy (non-hydrogen) atoms. The fourth-order valence-corrected chi connectivity index (χ4v) is 5.34. The summed E-state index contributed by atoms with van der Waals surface area (Å²) in [6.45, 7) is 12.4. The molecule has 0 aliphatic carbocycles. The SMILES string of the molecule is CC(C)C1COC(CC(C)C2CCCC(CC(C)C3CCOCC3)O2)C1. The molecule has 0 bridgehead atoms. The monoisotopic (exact) mass is 366 g/mol. The Labute approximate surface area is 161 Å². The van der Waals surface area contributed by atoms with Crippen LogP contribution in [0, 0.1) is 29.6 Å². The summed E-state index contributed by atoms with van der Waals surface area (Å²) >= 11 is 0. The van der Waals surface area contributed by atoms with Gasteiger partial charge in [0.05, 0.1) is 24.9 Å². The first-order valence-electron chi connectivity index (χ1n) is 11.4. The van der Waals surface area contributed by atoms with E-state index in [9.17, 15) is 0 Å². The zero-order valence-electron chi connectivity index (χ0n) is 17.6. The average molecular weight is 367 g/mol. The fourth-order valence-electron chi connectivity index (χ4n) is 5.34. The third kappa shape index (κ3) is 5.69. The molecule has 0 aromatic carbocycles. The van der Waals surface area contributed by atoms with E-state index in [1.807, 2.05) is 0 Å². The summed E-state index contributed by atoms with van der Waals surface area (Å²) in [6, 6.07) is 0. The Morgan fingerprint density at radius 1 is 0.808 bits per heavy atom. The van der Waals surface area contributed by atoms with Gasteiger partial charge in [0.25, 0.3) is 0 Å². The van der Waals surface area contributed by atoms with E-state index in [0.717, 1.165) is 43.5 Å². The third-order valence-corrected chi connectivity index (χ3v) is 7.41. The van der Waals surface area contributed by atoms with Gasteiger partial charge in [-0.2, -0.15) is 0 Å². The van der Waals surface area contributed by atoms with E-state index < -0.39 is 0 Å². The molecule has 3 heteroatoms. The van der Waals surface area contributed by atoms with Crippen LogP contribution in [-0.4, -0.2) is 38.1 Å². The van der Waals surface area contributed by atoms with Crippen LogP contribution in [0.15, 0.2) is 0 Å². The van der Waals surface area contributed by atoms with E-state index in [-0.39, 0.29) is 0 Å². The van der Waals surface area contributed by atoms with Crippen molar-refractivity contribution in [1.29, 1.82) is 0 Å². The van der Waals surface area contributed by atoms with Gasteiger partial charge < -0.3 is 14.2 Å². The second-order valence-electron chi connectivity index (χ2n) is 9.80. The van der Waals surface area contributed by atoms with Crippen molar-refractivity contribution in [2.45, 2.75) is 97.4 Å². The highest BCUT2D eigenvalue weighted by Crippen LogP contribution is 2.35. The summed E-state index contributed by atoms with van der Waals surface area (Å²) in [6.07, 6.45) is 11.4. The van der Waals surface area contributed by atoms with Crippen molar-refractivity contribution in [2.75, 3.05) is 19.8 Å². The fraction of sp³-hybridized carbons (Fsp3) is 1.00. The van der Waals surface area contributed by atoms with Crippen LogP contribution in [0.1, 0.15) is 79.1 Å². The van der Waals surface area contributed by atoms with Gasteiger partial charge in [-0.15, -0.1) is 0 Å². The van der Waals surface area contributed by atoms with Crippen molar-refractivity contribution in [3.63, 3.8) is 0 Å². The van der Waals surface area contributed by atoms with Gasteiger partial charge >= 0.3 is 0 Å². The van der Waals surface area contributed by atoms with E-state index in [2.05, 4.69) is 27.7 Å². The van der Waals surface area contributed by atoms with Crippen LogP contribution in [0.25, 0.3) is 0 Å². The zero-order chi connectivity index (χ0) is 18.5. The van der Waals surface area contributed by atoms with E-state index >= 15 is 0 Å². The summed E-state index contributed by atoms with van der Waals surface area (Å²) in [7, 11) is 0. The van der Waals surface area contributed by atoms with Crippen molar-refractivity contribution in [3.8, 4) is 0 Å². The maximum atomic E-state index is 6.61. The Kier molecular flexibility index (Phi) is 7.84. The maximum absolute atomic E-state index is 6.61. The van der Waals surface area contributed by atoms with Gasteiger partial charge in [0.15, 0.2) is 0 Å². The van der Waals surface area contributed by atoms with E-state index in [4.69, 9.17) is 14.2 Å². The summed E-state index contributed by atoms with van der Waals surface area (Å²) < 4.78 is 18.2. The van der Waals surface area contributed by atoms with Crippen LogP contribution >= 0.6 is 0 Å². The highest BCUT2D eigenvalue weighted by atomic mass is 16.5. The lowest BCUT2D eigenvalue weighted by Crippen LogP contribution is -2.35. The zero-order valence-corrected chi connectivity index (χ0v) is 17.6. The molecule has 0 radical (unpaired) electrons. The Morgan fingerprint density at radius 2 is 1.54 bits per heavy atom. The van der Waals surface area contributed by atoms with Crippen molar-refractivity contribution in [3.05, 3.63) is 0 Å². The Morgan fingerprint density at radius 3 is 2.23 bits per heavy atom. The maximum Gasteiger partial charge on any atom is 0.0605 e. The summed E-state index contributed by atoms with van der Waals surface area (Å²) in [4.78, 5) is 0. The molecule has 3 heterocycles. The Balaban J connectivity index is 1.42. The first-order chi connectivity index (χ1) is 12.5. The molecule has 3 fully saturated rings. The van der Waals surface area contributed by atoms with Crippen LogP contribution < -0.4 is 0 Å². The average Bonchev–Trinajstić information content (AvgIpc) is 3.11. The molecule has 6 unspecified atom stereocenters. The molecular formula is C23H42O3. The van der Waals surface area contributed by atoms with Gasteiger partial charge in [-0.05, 0) is 81.0 Å². The first kappa shape index (κ1) is 20.6. The van der Waals surface area contributed by atoms with Gasteiger partial charge in [-0.3, -0.25) is 0 Å². The molecule has 152 valence electrons. The molecule has 0 spiro atoms. The van der Waals surface area contributed by atoms with E-state index in [1.165, 1.54) is 51.4 Å². The largest absolute Gasteiger partial charge is 0.381 e. The van der Waals surface area contributed by atoms with Crippen LogP contribution in [0.5, 0.6) is 0 Å². The lowest BCUT2D eigenvalue weighted by Gasteiger charge is -2.37. The quantitative estimate of drug-likeness (QED) is 0.598. The minimum Gasteiger partial charge on any atom is -0.381 e. The van der Waals surface area contributed by atoms with E-state index in [1.54, 1.807) is 0 Å². The summed E-state index contributed by atoms with van der Waals surface area (Å²) in [5.41, 5.74) is 0. The van der Waals surface area contributed by atoms with Gasteiger partial charge in [-0.25, -0.2) is 0 Å². The van der Waals surface area contributed by atoms with E-state index in [0.29, 0.717) is 24.2 Å². The lowest BCUT2D eigenvalue weighted by atomic mass is 9.81. The molecule has 0 aromatic rings. The van der Waals surface area contributed by atoms with Crippen LogP contribution in [0.2, 0.25) is 0 Å². The normalized spacial score (nSPS) is 36.3. The summed E-state index contributed by atoms with van der Waals surface area (Å²) in [5, 5.41) is 0. The molecule has 0 N–H and O–H groups in total. The molecule has 3 aliphatic heterocycles. The predicted molar refractivity (Wildman–Crippen MR) is 106 cm³/mol. The standard InChI is InChI=1S/C23H42O3/c1-16(2)20-14-22(25-15-20)13-18(4)23-7-5-6-21(26-23)12-17(3)19-8-10-24-11-9-19/h16-23H,5-15H2,1-4H3. The molecule has 3 nitrogen and oxygen atoms in total. The topological polar surface area (TPSA) is 27.7 Å². The van der Waals surface area contributed by atoms with Gasteiger partial charge in [0.2, 0.25) is 0 Å². The van der Waals surface area contributed by atoms with Crippen molar-refractivity contribution in [1.82, 2.24) is 0 Å². The van der Waals surface area contributed by atoms with Crippen molar-refractivity contribution >= 4 is 0 Å². The number of hydrogen-bond acceptors (Lipinski definition) is 3. The molecule has 0 saturated carbocycles. The Hall–Kier alpha value is -0.120. The highest BCUT2D eigenvalue weighted by molar-refractivity contribution is 4.83. The van der Waals surface area contributed by atoms with Crippen LogP contribution in [-0.2, 0) is 14.2 Å². The van der Waals surface area contributed by atoms with Gasteiger partial charge in [0, 0.05) is 13.2 Å². The van der Waals surface area contributed by atoms with Crippen LogP contribution in [0.3, 0.4) is 0 Å². The number of rotatable bonds is 7. The number of ether oxygens (including phenoxy) is 3. The molecule has 3 aliphatic rings. The smallest absolute Gasteiger partial charge is 0.0605 e. The van der Waals surface area contributed by atoms with Gasteiger partial charge in [-0.1, -0.05) is 27.7 Å². The first-order valence-corrected chi connectivity index (χ1v) is 11.4. The molecule has 0 aromatic heterocycles. The van der Waals surface area contributed by atoms with Crippen molar-refractivity contribution < 1.29 is 14.2 Å². The van der Waals surface area contributed by atoms with Gasteiger partial charge in [0.1, 0.15) is 0 Å². The Bertz CT molecular complexity index is 404. The van der Waals surface area contributed by atoms with Crippen LogP contribution in [0.4, 0.5) is 0 Å². The predicted octanol–water partition coefficient (Wildman–Crippen LogP) is 5.46. The second-order valence-corrected chi connectivity index (χ2v) is 9.80. The molecular weight excluding hydrogens is 324 g/mol. The highest BCUT2D eigenvalue weighted by Gasteiger charge is 2.33. The number of hydrogen-bond donors (Lipinski definition) is 0. The molecule has 0 amide bonds. The molecule has 3 saturated heterocycles.